The Kier molecular flexibility index (Phi) is 5.76. The average Bonchev–Trinajstić information content (AvgIpc) is 3.07. The molecule has 0 spiro atoms. The molecule has 0 saturated carbocycles. The number of para-hydroxylation sites is 1. The van der Waals surface area contributed by atoms with Gasteiger partial charge in [0, 0.05) is 31.5 Å². The fourth-order valence-electron chi connectivity index (χ4n) is 3.65. The number of aromatic nitrogens is 1. The van der Waals surface area contributed by atoms with Gasteiger partial charge in [-0.25, -0.2) is 9.37 Å². The van der Waals surface area contributed by atoms with E-state index >= 15 is 0 Å². The molecule has 1 saturated heterocycles. The number of fused-ring (bicyclic) bond motifs is 1. The van der Waals surface area contributed by atoms with Gasteiger partial charge in [-0.3, -0.25) is 4.90 Å². The first kappa shape index (κ1) is 18.0. The minimum atomic E-state index is -0.389. The number of hydrogen-bond acceptors (Lipinski definition) is 4. The number of halogens is 2. The first-order valence-corrected chi connectivity index (χ1v) is 8.64. The van der Waals surface area contributed by atoms with Gasteiger partial charge in [-0.2, -0.15) is 0 Å². The van der Waals surface area contributed by atoms with Crippen LogP contribution in [0.3, 0.4) is 0 Å². The topological polar surface area (TPSA) is 37.4 Å². The van der Waals surface area contributed by atoms with Gasteiger partial charge < -0.3 is 10.1 Å². The molecule has 3 heterocycles. The quantitative estimate of drug-likeness (QED) is 0.899. The summed E-state index contributed by atoms with van der Waals surface area (Å²) >= 11 is 0. The van der Waals surface area contributed by atoms with Crippen molar-refractivity contribution in [3.8, 4) is 5.88 Å². The molecule has 2 aliphatic rings. The number of nitrogens with one attached hydrogen (secondary N) is 1. The molecule has 1 atom stereocenters. The van der Waals surface area contributed by atoms with E-state index in [0.717, 1.165) is 45.4 Å². The second kappa shape index (κ2) is 8.02. The van der Waals surface area contributed by atoms with Gasteiger partial charge >= 0.3 is 0 Å². The number of rotatable bonds is 4. The van der Waals surface area contributed by atoms with E-state index in [1.165, 1.54) is 22.9 Å². The lowest BCUT2D eigenvalue weighted by atomic mass is 10.0. The highest BCUT2D eigenvalue weighted by molar-refractivity contribution is 5.85. The summed E-state index contributed by atoms with van der Waals surface area (Å²) in [7, 11) is 0. The molecule has 0 bridgehead atoms. The fourth-order valence-corrected chi connectivity index (χ4v) is 3.65. The van der Waals surface area contributed by atoms with E-state index in [4.69, 9.17) is 4.74 Å². The molecule has 2 aromatic rings. The Morgan fingerprint density at radius 3 is 3.08 bits per heavy atom. The van der Waals surface area contributed by atoms with Crippen molar-refractivity contribution in [2.24, 2.45) is 0 Å². The van der Waals surface area contributed by atoms with E-state index in [-0.39, 0.29) is 30.2 Å². The Labute approximate surface area is 153 Å². The first-order chi connectivity index (χ1) is 11.8. The smallest absolute Gasteiger partial charge is 0.250 e. The van der Waals surface area contributed by atoms with Crippen molar-refractivity contribution in [3.05, 3.63) is 53.5 Å². The fraction of sp³-hybridized carbons (Fsp3) is 0.421. The molecular weight excluding hydrogens is 341 g/mol. The Morgan fingerprint density at radius 2 is 2.20 bits per heavy atom. The highest BCUT2D eigenvalue weighted by atomic mass is 35.5. The minimum absolute atomic E-state index is 0. The first-order valence-electron chi connectivity index (χ1n) is 8.64. The van der Waals surface area contributed by atoms with Crippen LogP contribution in [0.25, 0.3) is 0 Å². The summed E-state index contributed by atoms with van der Waals surface area (Å²) in [5.41, 5.74) is 4.05. The van der Waals surface area contributed by atoms with Crippen LogP contribution in [-0.2, 0) is 13.0 Å². The van der Waals surface area contributed by atoms with E-state index in [1.54, 1.807) is 12.3 Å². The lowest BCUT2D eigenvalue weighted by Gasteiger charge is -2.33. The summed E-state index contributed by atoms with van der Waals surface area (Å²) < 4.78 is 19.5. The summed E-state index contributed by atoms with van der Waals surface area (Å²) in [4.78, 5) is 6.40. The maximum atomic E-state index is 13.7. The van der Waals surface area contributed by atoms with Crippen LogP contribution >= 0.6 is 12.4 Å². The average molecular weight is 364 g/mol. The second-order valence-corrected chi connectivity index (χ2v) is 6.54. The van der Waals surface area contributed by atoms with Crippen LogP contribution in [0.2, 0.25) is 0 Å². The zero-order valence-corrected chi connectivity index (χ0v) is 14.9. The second-order valence-electron chi connectivity index (χ2n) is 6.54. The molecule has 2 aliphatic heterocycles. The van der Waals surface area contributed by atoms with E-state index in [2.05, 4.69) is 33.4 Å². The molecule has 1 aromatic carbocycles. The third-order valence-corrected chi connectivity index (χ3v) is 4.79. The lowest BCUT2D eigenvalue weighted by Crippen LogP contribution is -2.41. The summed E-state index contributed by atoms with van der Waals surface area (Å²) in [5.74, 6) is -0.272. The van der Waals surface area contributed by atoms with Gasteiger partial charge in [-0.1, -0.05) is 18.2 Å². The van der Waals surface area contributed by atoms with Gasteiger partial charge in [0.1, 0.15) is 6.10 Å². The number of benzene rings is 1. The number of piperidine rings is 1. The minimum Gasteiger partial charge on any atom is -0.471 e. The van der Waals surface area contributed by atoms with Crippen molar-refractivity contribution in [2.75, 3.05) is 25.0 Å². The maximum absolute atomic E-state index is 13.7. The predicted molar refractivity (Wildman–Crippen MR) is 99.0 cm³/mol. The lowest BCUT2D eigenvalue weighted by molar-refractivity contribution is 0.0776. The standard InChI is InChI=1S/C19H22FN3O.ClH/c20-17-7-2-9-22-19(17)24-16-6-3-11-23(13-16)12-15-5-1-4-14-8-10-21-18(14)15;/h1-2,4-5,7,9,16,21H,3,6,8,10-13H2;1H. The number of ether oxygens (including phenoxy) is 1. The van der Waals surface area contributed by atoms with Gasteiger partial charge in [0.2, 0.25) is 0 Å². The monoisotopic (exact) mass is 363 g/mol. The largest absolute Gasteiger partial charge is 0.471 e. The molecule has 0 aliphatic carbocycles. The van der Waals surface area contributed by atoms with E-state index in [0.29, 0.717) is 0 Å². The number of pyridine rings is 1. The SMILES string of the molecule is Cl.Fc1cccnc1OC1CCCN(Cc2cccc3c2NCC3)C1. The number of nitrogens with zero attached hydrogens (tertiary/aromatic N) is 2. The molecule has 1 fully saturated rings. The maximum Gasteiger partial charge on any atom is 0.250 e. The molecule has 1 N–H and O–H groups in total. The molecule has 1 unspecified atom stereocenters. The summed E-state index contributed by atoms with van der Waals surface area (Å²) in [5, 5.41) is 3.50. The van der Waals surface area contributed by atoms with Crippen LogP contribution in [0.1, 0.15) is 24.0 Å². The van der Waals surface area contributed by atoms with Crippen LogP contribution in [0.4, 0.5) is 10.1 Å². The zero-order chi connectivity index (χ0) is 16.4. The van der Waals surface area contributed by atoms with E-state index in [9.17, 15) is 4.39 Å². The van der Waals surface area contributed by atoms with Crippen LogP contribution < -0.4 is 10.1 Å². The molecule has 134 valence electrons. The third-order valence-electron chi connectivity index (χ3n) is 4.79. The molecule has 25 heavy (non-hydrogen) atoms. The van der Waals surface area contributed by atoms with Crippen LogP contribution in [0.15, 0.2) is 36.5 Å². The van der Waals surface area contributed by atoms with Crippen LogP contribution in [-0.4, -0.2) is 35.6 Å². The normalized spacial score (nSPS) is 19.6. The number of anilines is 1. The van der Waals surface area contributed by atoms with Crippen LogP contribution in [0.5, 0.6) is 5.88 Å². The molecule has 0 amide bonds. The molecule has 4 nitrogen and oxygen atoms in total. The Hall–Kier alpha value is -1.85. The molecule has 6 heteroatoms. The van der Waals surface area contributed by atoms with Gasteiger partial charge in [0.25, 0.3) is 5.88 Å². The van der Waals surface area contributed by atoms with Crippen molar-refractivity contribution in [3.63, 3.8) is 0 Å². The Bertz CT molecular complexity index is 728. The number of hydrogen-bond donors (Lipinski definition) is 1. The van der Waals surface area contributed by atoms with Gasteiger partial charge in [-0.15, -0.1) is 12.4 Å². The third kappa shape index (κ3) is 4.05. The highest BCUT2D eigenvalue weighted by Crippen LogP contribution is 2.28. The van der Waals surface area contributed by atoms with Crippen molar-refractivity contribution in [1.82, 2.24) is 9.88 Å². The van der Waals surface area contributed by atoms with Crippen molar-refractivity contribution in [2.45, 2.75) is 31.9 Å². The Balaban J connectivity index is 0.00000182. The van der Waals surface area contributed by atoms with Gasteiger partial charge in [0.15, 0.2) is 5.82 Å². The summed E-state index contributed by atoms with van der Waals surface area (Å²) in [6.45, 7) is 3.78. The van der Waals surface area contributed by atoms with Crippen molar-refractivity contribution in [1.29, 1.82) is 0 Å². The summed E-state index contributed by atoms with van der Waals surface area (Å²) in [6, 6.07) is 9.51. The van der Waals surface area contributed by atoms with Crippen molar-refractivity contribution < 1.29 is 9.13 Å². The Morgan fingerprint density at radius 1 is 1.28 bits per heavy atom. The zero-order valence-electron chi connectivity index (χ0n) is 14.1. The number of likely N-dealkylation sites (tertiary alicyclic amines) is 1. The molecule has 4 rings (SSSR count). The molecule has 1 aromatic heterocycles. The van der Waals surface area contributed by atoms with Crippen LogP contribution in [0, 0.1) is 5.82 Å². The molecular formula is C19H23ClFN3O. The summed E-state index contributed by atoms with van der Waals surface area (Å²) in [6.07, 6.45) is 4.67. The van der Waals surface area contributed by atoms with E-state index < -0.39 is 0 Å². The van der Waals surface area contributed by atoms with Crippen molar-refractivity contribution >= 4 is 18.1 Å². The van der Waals surface area contributed by atoms with Gasteiger partial charge in [0.05, 0.1) is 0 Å². The van der Waals surface area contributed by atoms with E-state index in [1.807, 2.05) is 0 Å². The molecule has 0 radical (unpaired) electrons. The van der Waals surface area contributed by atoms with Gasteiger partial charge in [-0.05, 0) is 49.1 Å². The highest BCUT2D eigenvalue weighted by Gasteiger charge is 2.24. The predicted octanol–water partition coefficient (Wildman–Crippen LogP) is 3.65.